The minimum atomic E-state index is -5.13. The van der Waals surface area contributed by atoms with Crippen molar-refractivity contribution in [2.45, 2.75) is 44.7 Å². The molecule has 0 aliphatic carbocycles. The van der Waals surface area contributed by atoms with E-state index >= 15 is 0 Å². The lowest BCUT2D eigenvalue weighted by Crippen LogP contribution is -2.60. The van der Waals surface area contributed by atoms with Crippen LogP contribution in [0.4, 0.5) is 26.3 Å². The van der Waals surface area contributed by atoms with Gasteiger partial charge in [0.1, 0.15) is 0 Å². The van der Waals surface area contributed by atoms with Crippen LogP contribution in [0.3, 0.4) is 0 Å². The Labute approximate surface area is 229 Å². The molecule has 3 rings (SSSR count). The summed E-state index contributed by atoms with van der Waals surface area (Å²) < 4.78 is 108. The van der Waals surface area contributed by atoms with Crippen molar-refractivity contribution in [3.8, 4) is 0 Å². The van der Waals surface area contributed by atoms with Gasteiger partial charge in [0.15, 0.2) is 5.78 Å². The summed E-state index contributed by atoms with van der Waals surface area (Å²) in [6.07, 6.45) is -9.40. The Morgan fingerprint density at radius 1 is 0.949 bits per heavy atom. The Kier molecular flexibility index (Phi) is 10.6. The number of benzene rings is 2. The van der Waals surface area contributed by atoms with E-state index in [0.717, 1.165) is 17.4 Å². The second-order valence-corrected chi connectivity index (χ2v) is 11.3. The first kappa shape index (κ1) is 33.0. The lowest BCUT2D eigenvalue weighted by atomic mass is 9.89. The van der Waals surface area contributed by atoms with E-state index in [0.29, 0.717) is 30.8 Å². The molecule has 1 aliphatic heterocycles. The second kappa shape index (κ2) is 12.5. The Balaban J connectivity index is 0.00000533. The van der Waals surface area contributed by atoms with Crippen LogP contribution in [0.25, 0.3) is 0 Å². The Morgan fingerprint density at radius 3 is 1.95 bits per heavy atom. The Hall–Kier alpha value is -2.19. The minimum absolute atomic E-state index is 0. The van der Waals surface area contributed by atoms with Crippen molar-refractivity contribution in [1.82, 2.24) is 14.9 Å². The van der Waals surface area contributed by atoms with Gasteiger partial charge in [0, 0.05) is 37.8 Å². The van der Waals surface area contributed by atoms with E-state index in [1.807, 2.05) is 19.9 Å². The lowest BCUT2D eigenvalue weighted by molar-refractivity contribution is -0.143. The summed E-state index contributed by atoms with van der Waals surface area (Å²) >= 11 is 0. The number of nitrogens with one attached hydrogen (secondary N) is 2. The van der Waals surface area contributed by atoms with E-state index in [1.54, 1.807) is 17.0 Å². The summed E-state index contributed by atoms with van der Waals surface area (Å²) in [7, 11) is -3.93. The quantitative estimate of drug-likeness (QED) is 0.347. The standard InChI is InChI=1S/C25H29F6N3O3S.ClH/c1-15-4-5-17(10-16(15)2)11-21(33-38(3,36)37)22(34-8-6-32-7-9-34)23(35)18-12-19(24(26,27)28)14-20(13-18)25(29,30)31;/h4-5,10,12-14,21-22,32-33H,6-9,11H2,1-3H3;1H. The molecule has 218 valence electrons. The van der Waals surface area contributed by atoms with E-state index in [4.69, 9.17) is 0 Å². The van der Waals surface area contributed by atoms with Gasteiger partial charge in [0.25, 0.3) is 0 Å². The number of carbonyl (C=O) groups excluding carboxylic acids is 1. The van der Waals surface area contributed by atoms with Crippen LogP contribution >= 0.6 is 12.4 Å². The molecule has 0 bridgehead atoms. The van der Waals surface area contributed by atoms with E-state index in [-0.39, 0.29) is 38.0 Å². The number of aryl methyl sites for hydroxylation is 2. The van der Waals surface area contributed by atoms with Crippen LogP contribution in [0.5, 0.6) is 0 Å². The zero-order valence-electron chi connectivity index (χ0n) is 21.4. The molecule has 0 radical (unpaired) electrons. The third kappa shape index (κ3) is 8.90. The van der Waals surface area contributed by atoms with Crippen LogP contribution in [0.15, 0.2) is 36.4 Å². The molecule has 14 heteroatoms. The summed E-state index contributed by atoms with van der Waals surface area (Å²) in [6.45, 7) is 4.99. The molecular formula is C25H30ClF6N3O3S. The highest BCUT2D eigenvalue weighted by Gasteiger charge is 2.41. The highest BCUT2D eigenvalue weighted by atomic mass is 35.5. The van der Waals surface area contributed by atoms with Gasteiger partial charge in [-0.1, -0.05) is 18.2 Å². The molecule has 1 aliphatic rings. The molecule has 0 saturated carbocycles. The summed E-state index contributed by atoms with van der Waals surface area (Å²) in [4.78, 5) is 15.4. The molecule has 1 heterocycles. The number of hydrogen-bond acceptors (Lipinski definition) is 5. The number of halogens is 7. The molecule has 2 N–H and O–H groups in total. The number of hydrogen-bond donors (Lipinski definition) is 2. The van der Waals surface area contributed by atoms with Gasteiger partial charge in [0.2, 0.25) is 10.0 Å². The molecule has 2 atom stereocenters. The first-order chi connectivity index (χ1) is 17.5. The highest BCUT2D eigenvalue weighted by molar-refractivity contribution is 7.88. The van der Waals surface area contributed by atoms with Crippen LogP contribution < -0.4 is 10.0 Å². The largest absolute Gasteiger partial charge is 0.416 e. The van der Waals surface area contributed by atoms with Gasteiger partial charge in [-0.15, -0.1) is 12.4 Å². The zero-order valence-corrected chi connectivity index (χ0v) is 23.0. The average Bonchev–Trinajstić information content (AvgIpc) is 2.80. The van der Waals surface area contributed by atoms with E-state index in [1.165, 1.54) is 0 Å². The van der Waals surface area contributed by atoms with Crippen LogP contribution in [-0.4, -0.2) is 63.6 Å². The number of alkyl halides is 6. The molecule has 2 aromatic carbocycles. The van der Waals surface area contributed by atoms with Crippen LogP contribution in [0, 0.1) is 13.8 Å². The Bertz CT molecular complexity index is 1250. The number of sulfonamides is 1. The minimum Gasteiger partial charge on any atom is -0.314 e. The maximum Gasteiger partial charge on any atom is 0.416 e. The molecule has 0 aromatic heterocycles. The van der Waals surface area contributed by atoms with Gasteiger partial charge in [-0.3, -0.25) is 9.69 Å². The first-order valence-corrected chi connectivity index (χ1v) is 13.7. The molecule has 6 nitrogen and oxygen atoms in total. The molecule has 39 heavy (non-hydrogen) atoms. The molecule has 2 unspecified atom stereocenters. The van der Waals surface area contributed by atoms with Gasteiger partial charge in [-0.25, -0.2) is 13.1 Å². The normalized spacial score (nSPS) is 16.8. The van der Waals surface area contributed by atoms with Gasteiger partial charge in [0.05, 0.1) is 23.4 Å². The van der Waals surface area contributed by atoms with Crippen molar-refractivity contribution in [1.29, 1.82) is 0 Å². The fraction of sp³-hybridized carbons (Fsp3) is 0.480. The SMILES string of the molecule is Cc1ccc(CC(NS(C)(=O)=O)C(C(=O)c2cc(C(F)(F)F)cc(C(F)(F)F)c2)N2CCNCC2)cc1C.Cl. The van der Waals surface area contributed by atoms with Gasteiger partial charge < -0.3 is 5.32 Å². The number of ketones is 1. The third-order valence-corrected chi connectivity index (χ3v) is 7.19. The summed E-state index contributed by atoms with van der Waals surface area (Å²) in [5, 5.41) is 3.07. The third-order valence-electron chi connectivity index (χ3n) is 6.46. The second-order valence-electron chi connectivity index (χ2n) is 9.51. The van der Waals surface area contributed by atoms with E-state index < -0.39 is 56.9 Å². The molecule has 2 aromatic rings. The van der Waals surface area contributed by atoms with Crippen molar-refractivity contribution in [3.05, 3.63) is 69.8 Å². The molecular weight excluding hydrogens is 572 g/mol. The van der Waals surface area contributed by atoms with Crippen LogP contribution in [0.1, 0.15) is 38.2 Å². The van der Waals surface area contributed by atoms with Crippen molar-refractivity contribution in [3.63, 3.8) is 0 Å². The Morgan fingerprint density at radius 2 is 1.49 bits per heavy atom. The number of Topliss-reactive ketones (excluding diaryl/α,β-unsaturated/α-hetero) is 1. The number of nitrogens with zero attached hydrogens (tertiary/aromatic N) is 1. The van der Waals surface area contributed by atoms with Crippen LogP contribution in [-0.2, 0) is 28.8 Å². The summed E-state index contributed by atoms with van der Waals surface area (Å²) in [5.41, 5.74) is -1.50. The lowest BCUT2D eigenvalue weighted by Gasteiger charge is -2.38. The fourth-order valence-corrected chi connectivity index (χ4v) is 5.27. The molecule has 0 spiro atoms. The highest BCUT2D eigenvalue weighted by Crippen LogP contribution is 2.37. The smallest absolute Gasteiger partial charge is 0.314 e. The molecule has 1 fully saturated rings. The van der Waals surface area contributed by atoms with Crippen LogP contribution in [0.2, 0.25) is 0 Å². The first-order valence-electron chi connectivity index (χ1n) is 11.8. The zero-order chi connectivity index (χ0) is 28.5. The predicted octanol–water partition coefficient (Wildman–Crippen LogP) is 4.38. The van der Waals surface area contributed by atoms with Gasteiger partial charge >= 0.3 is 12.4 Å². The maximum absolute atomic E-state index is 13.8. The van der Waals surface area contributed by atoms with Gasteiger partial charge in [-0.05, 0) is 55.2 Å². The number of carbonyl (C=O) groups is 1. The average molecular weight is 602 g/mol. The van der Waals surface area contributed by atoms with Gasteiger partial charge in [-0.2, -0.15) is 26.3 Å². The van der Waals surface area contributed by atoms with E-state index in [2.05, 4.69) is 10.0 Å². The van der Waals surface area contributed by atoms with Crippen molar-refractivity contribution < 1.29 is 39.6 Å². The molecule has 1 saturated heterocycles. The fourth-order valence-electron chi connectivity index (χ4n) is 4.51. The van der Waals surface area contributed by atoms with Crippen molar-refractivity contribution in [2.75, 3.05) is 32.4 Å². The topological polar surface area (TPSA) is 78.5 Å². The van der Waals surface area contributed by atoms with Crippen molar-refractivity contribution in [2.24, 2.45) is 0 Å². The van der Waals surface area contributed by atoms with Crippen molar-refractivity contribution >= 4 is 28.2 Å². The summed E-state index contributed by atoms with van der Waals surface area (Å²) in [6, 6.07) is 3.56. The predicted molar refractivity (Wildman–Crippen MR) is 138 cm³/mol. The summed E-state index contributed by atoms with van der Waals surface area (Å²) in [5.74, 6) is -1.03. The monoisotopic (exact) mass is 601 g/mol. The maximum atomic E-state index is 13.8. The van der Waals surface area contributed by atoms with E-state index in [9.17, 15) is 39.6 Å². The number of rotatable bonds is 8. The number of piperazine rings is 1. The molecule has 0 amide bonds.